The molecule has 0 aliphatic carbocycles. The Morgan fingerprint density at radius 3 is 2.54 bits per heavy atom. The molecule has 6 heteroatoms. The summed E-state index contributed by atoms with van der Waals surface area (Å²) in [5, 5.41) is 3.18. The van der Waals surface area contributed by atoms with E-state index in [0.29, 0.717) is 13.1 Å². The summed E-state index contributed by atoms with van der Waals surface area (Å²) in [6.45, 7) is 8.13. The van der Waals surface area contributed by atoms with Crippen LogP contribution < -0.4 is 11.1 Å². The van der Waals surface area contributed by atoms with E-state index in [1.54, 1.807) is 0 Å². The van der Waals surface area contributed by atoms with Crippen LogP contribution in [0.15, 0.2) is 30.3 Å². The average molecular weight is 389 g/mol. The molecule has 1 aliphatic heterocycles. The third-order valence-corrected chi connectivity index (χ3v) is 5.53. The molecule has 0 saturated carbocycles. The van der Waals surface area contributed by atoms with Gasteiger partial charge in [0.25, 0.3) is 0 Å². The van der Waals surface area contributed by atoms with E-state index in [4.69, 9.17) is 5.73 Å². The fraction of sp³-hybridized carbons (Fsp3) is 0.636. The molecule has 0 spiro atoms. The van der Waals surface area contributed by atoms with E-state index in [1.807, 2.05) is 35.0 Å². The van der Waals surface area contributed by atoms with Gasteiger partial charge in [-0.15, -0.1) is 0 Å². The zero-order valence-corrected chi connectivity index (χ0v) is 17.8. The van der Waals surface area contributed by atoms with Crippen molar-refractivity contribution >= 4 is 11.8 Å². The predicted molar refractivity (Wildman–Crippen MR) is 113 cm³/mol. The number of nitrogens with two attached hydrogens (primary N) is 1. The summed E-state index contributed by atoms with van der Waals surface area (Å²) < 4.78 is 0. The van der Waals surface area contributed by atoms with E-state index in [9.17, 15) is 9.59 Å². The highest BCUT2D eigenvalue weighted by Crippen LogP contribution is 2.26. The van der Waals surface area contributed by atoms with Crippen molar-refractivity contribution in [2.75, 3.05) is 33.2 Å². The van der Waals surface area contributed by atoms with Crippen LogP contribution in [0.4, 0.5) is 0 Å². The Labute approximate surface area is 169 Å². The molecule has 2 unspecified atom stereocenters. The number of carbonyl (C=O) groups is 2. The summed E-state index contributed by atoms with van der Waals surface area (Å²) in [6.07, 6.45) is 2.68. The minimum absolute atomic E-state index is 0.00339. The molecule has 1 aromatic carbocycles. The summed E-state index contributed by atoms with van der Waals surface area (Å²) in [6, 6.07) is 9.95. The molecular formula is C22H36N4O2. The maximum Gasteiger partial charge on any atom is 0.240 e. The lowest BCUT2D eigenvalue weighted by molar-refractivity contribution is -0.139. The number of nitrogens with one attached hydrogen (secondary N) is 1. The first-order chi connectivity index (χ1) is 13.3. The average Bonchev–Trinajstić information content (AvgIpc) is 3.12. The number of hydrogen-bond donors (Lipinski definition) is 2. The molecule has 1 heterocycles. The van der Waals surface area contributed by atoms with Gasteiger partial charge in [0.2, 0.25) is 11.8 Å². The fourth-order valence-corrected chi connectivity index (χ4v) is 4.02. The number of rotatable bonds is 8. The van der Waals surface area contributed by atoms with Gasteiger partial charge in [0.05, 0.1) is 12.6 Å². The number of nitrogens with zero attached hydrogens (tertiary/aromatic N) is 2. The highest BCUT2D eigenvalue weighted by molar-refractivity contribution is 5.83. The Balaban J connectivity index is 2.07. The van der Waals surface area contributed by atoms with Crippen molar-refractivity contribution in [3.63, 3.8) is 0 Å². The lowest BCUT2D eigenvalue weighted by Gasteiger charge is -2.36. The van der Waals surface area contributed by atoms with E-state index >= 15 is 0 Å². The molecule has 2 atom stereocenters. The Morgan fingerprint density at radius 1 is 1.29 bits per heavy atom. The second-order valence-corrected chi connectivity index (χ2v) is 8.69. The normalized spacial score (nSPS) is 18.2. The number of carbonyl (C=O) groups excluding carboxylic acids is 2. The van der Waals surface area contributed by atoms with Crippen molar-refractivity contribution in [3.05, 3.63) is 35.9 Å². The van der Waals surface area contributed by atoms with Gasteiger partial charge in [0.1, 0.15) is 0 Å². The van der Waals surface area contributed by atoms with Crippen LogP contribution in [-0.2, 0) is 16.0 Å². The Kier molecular flexibility index (Phi) is 8.01. The number of hydrogen-bond acceptors (Lipinski definition) is 4. The standard InChI is InChI=1S/C22H36N4O2/c1-22(2,3)20(24-4)21(28)26-13-8-11-18(26)16-25(19(27)15-23)14-12-17-9-6-5-7-10-17/h5-7,9-10,18,20,24H,8,11-16,23H2,1-4H3. The molecule has 0 aromatic heterocycles. The summed E-state index contributed by atoms with van der Waals surface area (Å²) in [5.74, 6) is 0.0666. The van der Waals surface area contributed by atoms with Crippen LogP contribution in [0.5, 0.6) is 0 Å². The number of likely N-dealkylation sites (tertiary alicyclic amines) is 1. The van der Waals surface area contributed by atoms with Crippen LogP contribution >= 0.6 is 0 Å². The van der Waals surface area contributed by atoms with Crippen LogP contribution in [0.3, 0.4) is 0 Å². The fourth-order valence-electron chi connectivity index (χ4n) is 4.02. The molecule has 28 heavy (non-hydrogen) atoms. The monoisotopic (exact) mass is 388 g/mol. The summed E-state index contributed by atoms with van der Waals surface area (Å²) >= 11 is 0. The molecule has 1 aromatic rings. The second kappa shape index (κ2) is 10.0. The Hall–Kier alpha value is -1.92. The van der Waals surface area contributed by atoms with Crippen molar-refractivity contribution in [3.8, 4) is 0 Å². The zero-order chi connectivity index (χ0) is 20.7. The minimum atomic E-state index is -0.240. The molecule has 1 saturated heterocycles. The van der Waals surface area contributed by atoms with Crippen LogP contribution in [0.25, 0.3) is 0 Å². The summed E-state index contributed by atoms with van der Waals surface area (Å²) in [5.41, 5.74) is 6.68. The largest absolute Gasteiger partial charge is 0.339 e. The van der Waals surface area contributed by atoms with Gasteiger partial charge in [-0.05, 0) is 37.3 Å². The lowest BCUT2D eigenvalue weighted by Crippen LogP contribution is -2.55. The van der Waals surface area contributed by atoms with Crippen LogP contribution in [0.1, 0.15) is 39.2 Å². The zero-order valence-electron chi connectivity index (χ0n) is 17.8. The SMILES string of the molecule is CNC(C(=O)N1CCCC1CN(CCc1ccccc1)C(=O)CN)C(C)(C)C. The van der Waals surface area contributed by atoms with Crippen LogP contribution in [0.2, 0.25) is 0 Å². The van der Waals surface area contributed by atoms with E-state index in [1.165, 1.54) is 5.56 Å². The van der Waals surface area contributed by atoms with Crippen LogP contribution in [-0.4, -0.2) is 66.9 Å². The molecule has 156 valence electrons. The summed E-state index contributed by atoms with van der Waals surface area (Å²) in [7, 11) is 1.84. The second-order valence-electron chi connectivity index (χ2n) is 8.69. The highest BCUT2D eigenvalue weighted by atomic mass is 16.2. The van der Waals surface area contributed by atoms with Crippen molar-refractivity contribution in [2.24, 2.45) is 11.1 Å². The van der Waals surface area contributed by atoms with Crippen molar-refractivity contribution < 1.29 is 9.59 Å². The lowest BCUT2D eigenvalue weighted by atomic mass is 9.86. The highest BCUT2D eigenvalue weighted by Gasteiger charge is 2.38. The maximum atomic E-state index is 13.2. The Morgan fingerprint density at radius 2 is 1.96 bits per heavy atom. The van der Waals surface area contributed by atoms with Gasteiger partial charge in [0, 0.05) is 25.7 Å². The molecule has 1 fully saturated rings. The predicted octanol–water partition coefficient (Wildman–Crippen LogP) is 1.64. The van der Waals surface area contributed by atoms with Gasteiger partial charge < -0.3 is 20.9 Å². The van der Waals surface area contributed by atoms with Crippen molar-refractivity contribution in [1.82, 2.24) is 15.1 Å². The number of likely N-dealkylation sites (N-methyl/N-ethyl adjacent to an activating group) is 1. The number of amides is 2. The molecule has 0 bridgehead atoms. The van der Waals surface area contributed by atoms with Gasteiger partial charge >= 0.3 is 0 Å². The topological polar surface area (TPSA) is 78.7 Å². The maximum absolute atomic E-state index is 13.2. The van der Waals surface area contributed by atoms with Crippen molar-refractivity contribution in [2.45, 2.75) is 52.1 Å². The molecule has 2 amide bonds. The van der Waals surface area contributed by atoms with E-state index in [2.05, 4.69) is 38.2 Å². The van der Waals surface area contributed by atoms with Gasteiger partial charge in [-0.3, -0.25) is 9.59 Å². The quantitative estimate of drug-likeness (QED) is 0.710. The summed E-state index contributed by atoms with van der Waals surface area (Å²) in [4.78, 5) is 29.4. The van der Waals surface area contributed by atoms with Crippen molar-refractivity contribution in [1.29, 1.82) is 0 Å². The molecule has 6 nitrogen and oxygen atoms in total. The molecular weight excluding hydrogens is 352 g/mol. The van der Waals surface area contributed by atoms with Crippen LogP contribution in [0, 0.1) is 5.41 Å². The molecule has 0 radical (unpaired) electrons. The first kappa shape index (κ1) is 22.4. The molecule has 3 N–H and O–H groups in total. The van der Waals surface area contributed by atoms with Gasteiger partial charge in [-0.1, -0.05) is 51.1 Å². The van der Waals surface area contributed by atoms with E-state index in [0.717, 1.165) is 25.8 Å². The minimum Gasteiger partial charge on any atom is -0.339 e. The number of benzene rings is 1. The van der Waals surface area contributed by atoms with Gasteiger partial charge in [-0.2, -0.15) is 0 Å². The van der Waals surface area contributed by atoms with E-state index < -0.39 is 0 Å². The van der Waals surface area contributed by atoms with E-state index in [-0.39, 0.29) is 35.9 Å². The van der Waals surface area contributed by atoms with Gasteiger partial charge in [0.15, 0.2) is 0 Å². The third kappa shape index (κ3) is 5.79. The first-order valence-corrected chi connectivity index (χ1v) is 10.3. The first-order valence-electron chi connectivity index (χ1n) is 10.3. The van der Waals surface area contributed by atoms with Gasteiger partial charge in [-0.25, -0.2) is 0 Å². The smallest absolute Gasteiger partial charge is 0.240 e. The third-order valence-electron chi connectivity index (χ3n) is 5.53. The Bertz CT molecular complexity index is 642. The molecule has 2 rings (SSSR count). The molecule has 1 aliphatic rings.